The van der Waals surface area contributed by atoms with Crippen LogP contribution < -0.4 is 0 Å². The van der Waals surface area contributed by atoms with Crippen LogP contribution in [0, 0.1) is 0 Å². The van der Waals surface area contributed by atoms with Gasteiger partial charge in [0.1, 0.15) is 0 Å². The Hall–Kier alpha value is 1.48. The molecule has 0 aromatic carbocycles. The first kappa shape index (κ1) is 29.5. The Morgan fingerprint density at radius 1 is 0.429 bits per heavy atom. The van der Waals surface area contributed by atoms with Crippen molar-refractivity contribution in [3.8, 4) is 0 Å². The number of rotatable bonds is 24. The molecule has 28 heavy (non-hydrogen) atoms. The van der Waals surface area contributed by atoms with E-state index in [9.17, 15) is 0 Å². The van der Waals surface area contributed by atoms with Gasteiger partial charge in [-0.05, 0) is 24.3 Å². The third-order valence-electron chi connectivity index (χ3n) is 5.40. The highest BCUT2D eigenvalue weighted by molar-refractivity contribution is 9.09. The van der Waals surface area contributed by atoms with E-state index in [4.69, 9.17) is 12.2 Å². The van der Waals surface area contributed by atoms with Crippen molar-refractivity contribution in [2.75, 3.05) is 11.5 Å². The molecule has 0 fully saturated rings. The van der Waals surface area contributed by atoms with Gasteiger partial charge in [0, 0.05) is 0 Å². The molecule has 0 unspecified atom stereocenters. The van der Waals surface area contributed by atoms with Crippen LogP contribution in [0.5, 0.6) is 0 Å². The van der Waals surface area contributed by atoms with Gasteiger partial charge in [0.05, 0.1) is 5.53 Å². The van der Waals surface area contributed by atoms with E-state index in [0.29, 0.717) is 0 Å². The molecule has 0 heterocycles. The second-order valence-corrected chi connectivity index (χ2v) is 17.3. The van der Waals surface area contributed by atoms with Crippen LogP contribution in [0.3, 0.4) is 0 Å². The van der Waals surface area contributed by atoms with Crippen LogP contribution in [0.15, 0.2) is 0 Å². The summed E-state index contributed by atoms with van der Waals surface area (Å²) >= 11 is 9.07. The quantitative estimate of drug-likeness (QED) is 0.0853. The van der Waals surface area contributed by atoms with Crippen LogP contribution in [-0.2, 0) is 0 Å². The molecule has 0 aliphatic rings. The molecule has 0 aliphatic carbocycles. The molecule has 4 heteroatoms. The van der Waals surface area contributed by atoms with Crippen LogP contribution in [0.2, 0.25) is 0 Å². The molecular weight excluding hydrogens is 415 g/mol. The molecule has 0 amide bonds. The zero-order chi connectivity index (χ0) is 20.5. The van der Waals surface area contributed by atoms with E-state index in [2.05, 4.69) is 36.6 Å². The second-order valence-electron chi connectivity index (χ2n) is 8.27. The largest absolute Gasteiger partial charge is 0.130 e. The highest BCUT2D eigenvalue weighted by Crippen LogP contribution is 2.64. The summed E-state index contributed by atoms with van der Waals surface area (Å²) in [5.74, 6) is 2.66. The van der Waals surface area contributed by atoms with Crippen molar-refractivity contribution in [1.82, 2.24) is 0 Å². The van der Waals surface area contributed by atoms with Crippen molar-refractivity contribution in [3.05, 3.63) is 0 Å². The molecule has 0 bridgehead atoms. The van der Waals surface area contributed by atoms with Gasteiger partial charge < -0.3 is 0 Å². The first-order valence-corrected chi connectivity index (χ1v) is 18.2. The minimum absolute atomic E-state index is 0.125. The SMILES string of the molecule is CCCCCCCCCCCCSP(S)SCCCCCCCCCCCC. The van der Waals surface area contributed by atoms with Gasteiger partial charge in [0.25, 0.3) is 0 Å². The summed E-state index contributed by atoms with van der Waals surface area (Å²) in [5, 5.41) is 0. The van der Waals surface area contributed by atoms with Crippen molar-refractivity contribution in [2.45, 2.75) is 142 Å². The number of hydrogen-bond acceptors (Lipinski definition) is 3. The lowest BCUT2D eigenvalue weighted by molar-refractivity contribution is 0.563. The summed E-state index contributed by atoms with van der Waals surface area (Å²) in [7, 11) is 0. The van der Waals surface area contributed by atoms with Gasteiger partial charge in [0.15, 0.2) is 0 Å². The van der Waals surface area contributed by atoms with Crippen molar-refractivity contribution >= 4 is 40.5 Å². The summed E-state index contributed by atoms with van der Waals surface area (Å²) in [4.78, 5) is 0. The van der Waals surface area contributed by atoms with E-state index in [-0.39, 0.29) is 5.53 Å². The molecule has 0 aromatic heterocycles. The predicted octanol–water partition coefficient (Wildman–Crippen LogP) is 11.5. The third kappa shape index (κ3) is 25.5. The van der Waals surface area contributed by atoms with E-state index in [1.807, 2.05) is 0 Å². The summed E-state index contributed by atoms with van der Waals surface area (Å²) in [6.45, 7) is 4.59. The molecule has 0 N–H and O–H groups in total. The Balaban J connectivity index is 3.12. The van der Waals surface area contributed by atoms with Crippen LogP contribution in [0.4, 0.5) is 0 Å². The molecule has 0 nitrogen and oxygen atoms in total. The van der Waals surface area contributed by atoms with Gasteiger partial charge >= 0.3 is 0 Å². The minimum atomic E-state index is -0.125. The minimum Gasteiger partial charge on any atom is -0.130 e. The summed E-state index contributed by atoms with van der Waals surface area (Å²) < 4.78 is 0. The smallest absolute Gasteiger partial charge is 0.0697 e. The lowest BCUT2D eigenvalue weighted by atomic mass is 10.1. The maximum atomic E-state index is 4.82. The Morgan fingerprint density at radius 2 is 0.679 bits per heavy atom. The highest BCUT2D eigenvalue weighted by atomic mass is 33.4. The second kappa shape index (κ2) is 26.5. The van der Waals surface area contributed by atoms with Crippen LogP contribution in [-0.4, -0.2) is 11.5 Å². The van der Waals surface area contributed by atoms with E-state index in [1.54, 1.807) is 0 Å². The van der Waals surface area contributed by atoms with Crippen molar-refractivity contribution < 1.29 is 0 Å². The van der Waals surface area contributed by atoms with E-state index in [1.165, 1.54) is 140 Å². The summed E-state index contributed by atoms with van der Waals surface area (Å²) in [6.07, 6.45) is 28.8. The monoisotopic (exact) mass is 466 g/mol. The van der Waals surface area contributed by atoms with Crippen LogP contribution in [0.25, 0.3) is 0 Å². The van der Waals surface area contributed by atoms with Gasteiger partial charge in [-0.1, -0.05) is 129 Å². The van der Waals surface area contributed by atoms with Gasteiger partial charge in [0.2, 0.25) is 0 Å². The summed E-state index contributed by atoms with van der Waals surface area (Å²) in [6, 6.07) is 0. The maximum absolute atomic E-state index is 4.82. The molecule has 0 saturated carbocycles. The maximum Gasteiger partial charge on any atom is 0.0697 e. The first-order chi connectivity index (χ1) is 13.8. The molecule has 0 saturated heterocycles. The fourth-order valence-electron chi connectivity index (χ4n) is 3.50. The van der Waals surface area contributed by atoms with Gasteiger partial charge in [-0.3, -0.25) is 0 Å². The lowest BCUT2D eigenvalue weighted by Crippen LogP contribution is -1.83. The standard InChI is InChI=1S/C24H51PS3/c1-3-5-7-9-11-13-15-17-19-21-23-27-25(26)28-24-22-20-18-16-14-12-10-8-6-4-2/h26H,3-24H2,1-2H3. The number of unbranched alkanes of at least 4 members (excludes halogenated alkanes) is 18. The Kier molecular flexibility index (Phi) is 27.9. The first-order valence-electron chi connectivity index (χ1n) is 12.6. The van der Waals surface area contributed by atoms with Crippen molar-refractivity contribution in [3.63, 3.8) is 0 Å². The zero-order valence-corrected chi connectivity index (χ0v) is 22.7. The number of hydrogen-bond donors (Lipinski definition) is 1. The summed E-state index contributed by atoms with van der Waals surface area (Å²) in [5.41, 5.74) is -0.125. The van der Waals surface area contributed by atoms with Crippen LogP contribution >= 0.6 is 40.5 Å². The van der Waals surface area contributed by atoms with Crippen molar-refractivity contribution in [1.29, 1.82) is 0 Å². The number of thiol groups is 1. The average Bonchev–Trinajstić information content (AvgIpc) is 2.70. The molecular formula is C24H51PS3. The molecule has 0 spiro atoms. The van der Waals surface area contributed by atoms with Gasteiger partial charge in [-0.2, -0.15) is 0 Å². The van der Waals surface area contributed by atoms with Gasteiger partial charge in [-0.25, -0.2) is 0 Å². The Morgan fingerprint density at radius 3 is 0.964 bits per heavy atom. The molecule has 0 atom stereocenters. The topological polar surface area (TPSA) is 0 Å². The van der Waals surface area contributed by atoms with Gasteiger partial charge in [-0.15, -0.1) is 35.0 Å². The fraction of sp³-hybridized carbons (Fsp3) is 1.00. The van der Waals surface area contributed by atoms with E-state index in [0.717, 1.165) is 0 Å². The van der Waals surface area contributed by atoms with Crippen molar-refractivity contribution in [2.24, 2.45) is 0 Å². The molecule has 0 radical (unpaired) electrons. The Bertz CT molecular complexity index is 251. The van der Waals surface area contributed by atoms with E-state index >= 15 is 0 Å². The van der Waals surface area contributed by atoms with E-state index < -0.39 is 0 Å². The molecule has 0 rings (SSSR count). The zero-order valence-electron chi connectivity index (χ0n) is 19.3. The lowest BCUT2D eigenvalue weighted by Gasteiger charge is -2.09. The third-order valence-corrected chi connectivity index (χ3v) is 13.2. The predicted molar refractivity (Wildman–Crippen MR) is 145 cm³/mol. The molecule has 0 aromatic rings. The molecule has 0 aliphatic heterocycles. The highest BCUT2D eigenvalue weighted by Gasteiger charge is 2.04. The fourth-order valence-corrected chi connectivity index (χ4v) is 9.97. The Labute approximate surface area is 193 Å². The average molecular weight is 467 g/mol. The van der Waals surface area contributed by atoms with Crippen LogP contribution in [0.1, 0.15) is 142 Å². The normalized spacial score (nSPS) is 11.6. The molecule has 170 valence electrons.